The van der Waals surface area contributed by atoms with E-state index in [0.29, 0.717) is 5.91 Å². The number of hydrogen-bond acceptors (Lipinski definition) is 4. The number of carbonyl (C=O) groups is 1. The summed E-state index contributed by atoms with van der Waals surface area (Å²) in [5, 5.41) is 3.63. The molecule has 0 aromatic heterocycles. The largest absolute Gasteiger partial charge is 0.356 e. The predicted octanol–water partition coefficient (Wildman–Crippen LogP) is 1.93. The van der Waals surface area contributed by atoms with E-state index < -0.39 is 0 Å². The number of aliphatic imine (C=N–C) groups is 1. The fourth-order valence-electron chi connectivity index (χ4n) is 4.98. The lowest BCUT2D eigenvalue weighted by atomic mass is 9.97. The standard InChI is InChI=1S/C22H42N6O.HI/c1-4-9-25-12-7-20(8-13-25)18-24-22(23-3)28-16-14-26(15-17-28)19(2)21(29)27-10-5-6-11-27;/h19-20H,4-18H2,1-3H3,(H,23,24);1H. The van der Waals surface area contributed by atoms with Crippen LogP contribution in [-0.4, -0.2) is 110 Å². The molecular weight excluding hydrogens is 491 g/mol. The van der Waals surface area contributed by atoms with Crippen LogP contribution < -0.4 is 5.32 Å². The van der Waals surface area contributed by atoms with Crippen LogP contribution >= 0.6 is 24.0 Å². The molecule has 0 aromatic carbocycles. The average Bonchev–Trinajstić information content (AvgIpc) is 3.30. The Hall–Kier alpha value is -0.610. The zero-order chi connectivity index (χ0) is 20.6. The van der Waals surface area contributed by atoms with E-state index in [1.807, 2.05) is 11.9 Å². The van der Waals surface area contributed by atoms with E-state index in [-0.39, 0.29) is 30.0 Å². The molecular formula is C22H43IN6O. The van der Waals surface area contributed by atoms with Gasteiger partial charge in [-0.2, -0.15) is 0 Å². The monoisotopic (exact) mass is 534 g/mol. The molecule has 3 aliphatic heterocycles. The first-order valence-corrected chi connectivity index (χ1v) is 11.8. The van der Waals surface area contributed by atoms with Gasteiger partial charge in [0.1, 0.15) is 0 Å². The van der Waals surface area contributed by atoms with Crippen LogP contribution in [0.3, 0.4) is 0 Å². The van der Waals surface area contributed by atoms with Gasteiger partial charge < -0.3 is 20.0 Å². The highest BCUT2D eigenvalue weighted by Gasteiger charge is 2.30. The smallest absolute Gasteiger partial charge is 0.239 e. The Balaban J connectivity index is 0.00000320. The second kappa shape index (κ2) is 13.1. The Bertz CT molecular complexity index is 538. The van der Waals surface area contributed by atoms with Crippen molar-refractivity contribution >= 4 is 35.8 Å². The molecule has 3 rings (SSSR count). The molecule has 1 atom stereocenters. The minimum atomic E-state index is -0.00136. The van der Waals surface area contributed by atoms with E-state index in [1.165, 1.54) is 38.9 Å². The molecule has 0 saturated carbocycles. The van der Waals surface area contributed by atoms with Crippen molar-refractivity contribution in [2.45, 2.75) is 52.0 Å². The van der Waals surface area contributed by atoms with Gasteiger partial charge in [-0.05, 0) is 64.6 Å². The molecule has 3 saturated heterocycles. The number of hydrogen-bond donors (Lipinski definition) is 1. The van der Waals surface area contributed by atoms with E-state index in [1.54, 1.807) is 0 Å². The van der Waals surface area contributed by atoms with Crippen LogP contribution in [0.4, 0.5) is 0 Å². The van der Waals surface area contributed by atoms with Gasteiger partial charge >= 0.3 is 0 Å². The minimum Gasteiger partial charge on any atom is -0.356 e. The highest BCUT2D eigenvalue weighted by molar-refractivity contribution is 14.0. The first-order valence-electron chi connectivity index (χ1n) is 11.8. The molecule has 3 aliphatic rings. The number of nitrogens with zero attached hydrogens (tertiary/aromatic N) is 5. The Kier molecular flexibility index (Phi) is 11.2. The third kappa shape index (κ3) is 6.95. The van der Waals surface area contributed by atoms with E-state index in [2.05, 4.69) is 38.9 Å². The molecule has 0 aliphatic carbocycles. The zero-order valence-corrected chi connectivity index (χ0v) is 21.6. The second-order valence-corrected chi connectivity index (χ2v) is 8.94. The summed E-state index contributed by atoms with van der Waals surface area (Å²) >= 11 is 0. The second-order valence-electron chi connectivity index (χ2n) is 8.94. The summed E-state index contributed by atoms with van der Waals surface area (Å²) in [4.78, 5) is 26.6. The van der Waals surface area contributed by atoms with Crippen LogP contribution in [-0.2, 0) is 4.79 Å². The Morgan fingerprint density at radius 3 is 2.20 bits per heavy atom. The molecule has 0 spiro atoms. The highest BCUT2D eigenvalue weighted by Crippen LogP contribution is 2.17. The van der Waals surface area contributed by atoms with Crippen molar-refractivity contribution < 1.29 is 4.79 Å². The molecule has 30 heavy (non-hydrogen) atoms. The molecule has 1 N–H and O–H groups in total. The zero-order valence-electron chi connectivity index (χ0n) is 19.3. The van der Waals surface area contributed by atoms with Crippen LogP contribution in [0, 0.1) is 5.92 Å². The molecule has 0 aromatic rings. The van der Waals surface area contributed by atoms with Crippen molar-refractivity contribution in [3.63, 3.8) is 0 Å². The van der Waals surface area contributed by atoms with Gasteiger partial charge in [-0.15, -0.1) is 24.0 Å². The minimum absolute atomic E-state index is 0. The van der Waals surface area contributed by atoms with Gasteiger partial charge in [0.25, 0.3) is 0 Å². The van der Waals surface area contributed by atoms with Crippen LogP contribution in [0.15, 0.2) is 4.99 Å². The van der Waals surface area contributed by atoms with Crippen molar-refractivity contribution in [1.29, 1.82) is 0 Å². The topological polar surface area (TPSA) is 54.4 Å². The van der Waals surface area contributed by atoms with E-state index >= 15 is 0 Å². The van der Waals surface area contributed by atoms with Crippen molar-refractivity contribution in [3.8, 4) is 0 Å². The lowest BCUT2D eigenvalue weighted by Gasteiger charge is -2.40. The van der Waals surface area contributed by atoms with Gasteiger partial charge in [0.15, 0.2) is 5.96 Å². The summed E-state index contributed by atoms with van der Waals surface area (Å²) < 4.78 is 0. The molecule has 1 unspecified atom stereocenters. The number of rotatable bonds is 6. The van der Waals surface area contributed by atoms with Crippen molar-refractivity contribution in [3.05, 3.63) is 0 Å². The fraction of sp³-hybridized carbons (Fsp3) is 0.909. The van der Waals surface area contributed by atoms with Gasteiger partial charge in [-0.3, -0.25) is 14.7 Å². The number of likely N-dealkylation sites (tertiary alicyclic amines) is 2. The third-order valence-corrected chi connectivity index (χ3v) is 6.94. The lowest BCUT2D eigenvalue weighted by molar-refractivity contribution is -0.135. The molecule has 8 heteroatoms. The normalized spacial score (nSPS) is 23.4. The van der Waals surface area contributed by atoms with Crippen LogP contribution in [0.2, 0.25) is 0 Å². The lowest BCUT2D eigenvalue weighted by Crippen LogP contribution is -2.57. The molecule has 1 amide bonds. The van der Waals surface area contributed by atoms with Gasteiger partial charge in [-0.25, -0.2) is 0 Å². The molecule has 7 nitrogen and oxygen atoms in total. The maximum Gasteiger partial charge on any atom is 0.239 e. The van der Waals surface area contributed by atoms with Gasteiger partial charge in [0.05, 0.1) is 6.04 Å². The molecule has 174 valence electrons. The number of guanidine groups is 1. The summed E-state index contributed by atoms with van der Waals surface area (Å²) in [6.07, 6.45) is 6.14. The van der Waals surface area contributed by atoms with Gasteiger partial charge in [-0.1, -0.05) is 6.92 Å². The maximum absolute atomic E-state index is 12.7. The average molecular weight is 535 g/mol. The number of piperidine rings is 1. The van der Waals surface area contributed by atoms with E-state index in [4.69, 9.17) is 0 Å². The first kappa shape index (κ1) is 25.6. The SMILES string of the molecule is CCCN1CCC(CNC(=NC)N2CCN(C(C)C(=O)N3CCCC3)CC2)CC1.I. The Morgan fingerprint density at radius 2 is 1.63 bits per heavy atom. The molecule has 0 bridgehead atoms. The van der Waals surface area contributed by atoms with Crippen LogP contribution in [0.5, 0.6) is 0 Å². The number of piperazine rings is 1. The fourth-order valence-corrected chi connectivity index (χ4v) is 4.98. The van der Waals surface area contributed by atoms with Gasteiger partial charge in [0, 0.05) is 52.9 Å². The molecule has 0 radical (unpaired) electrons. The van der Waals surface area contributed by atoms with Crippen molar-refractivity contribution in [2.24, 2.45) is 10.9 Å². The van der Waals surface area contributed by atoms with Crippen molar-refractivity contribution in [2.75, 3.05) is 72.5 Å². The number of carbonyl (C=O) groups excluding carboxylic acids is 1. The highest BCUT2D eigenvalue weighted by atomic mass is 127. The maximum atomic E-state index is 12.7. The molecule has 3 fully saturated rings. The van der Waals surface area contributed by atoms with E-state index in [0.717, 1.165) is 70.5 Å². The quantitative estimate of drug-likeness (QED) is 0.321. The Labute approximate surface area is 200 Å². The van der Waals surface area contributed by atoms with Crippen LogP contribution in [0.1, 0.15) is 46.0 Å². The third-order valence-electron chi connectivity index (χ3n) is 6.94. The summed E-state index contributed by atoms with van der Waals surface area (Å²) in [5.41, 5.74) is 0. The first-order chi connectivity index (χ1) is 14.1. The molecule has 3 heterocycles. The number of nitrogens with one attached hydrogen (secondary N) is 1. The number of halogens is 1. The Morgan fingerprint density at radius 1 is 1.00 bits per heavy atom. The van der Waals surface area contributed by atoms with Crippen molar-refractivity contribution in [1.82, 2.24) is 24.9 Å². The van der Waals surface area contributed by atoms with Gasteiger partial charge in [0.2, 0.25) is 5.91 Å². The predicted molar refractivity (Wildman–Crippen MR) is 135 cm³/mol. The number of amides is 1. The summed E-state index contributed by atoms with van der Waals surface area (Å²) in [6.45, 7) is 14.7. The van der Waals surface area contributed by atoms with Crippen LogP contribution in [0.25, 0.3) is 0 Å². The summed E-state index contributed by atoms with van der Waals surface area (Å²) in [5.74, 6) is 2.09. The summed E-state index contributed by atoms with van der Waals surface area (Å²) in [6, 6.07) is -0.00136. The van der Waals surface area contributed by atoms with E-state index in [9.17, 15) is 4.79 Å². The summed E-state index contributed by atoms with van der Waals surface area (Å²) in [7, 11) is 1.89.